The highest BCUT2D eigenvalue weighted by Gasteiger charge is 2.14. The van der Waals surface area contributed by atoms with Crippen LogP contribution in [0.15, 0.2) is 42.5 Å². The third-order valence-electron chi connectivity index (χ3n) is 2.44. The number of amides is 1. The number of hydrogen-bond acceptors (Lipinski definition) is 3. The highest BCUT2D eigenvalue weighted by atomic mass is 35.5. The molecule has 0 heterocycles. The van der Waals surface area contributed by atoms with Crippen LogP contribution in [0.4, 0.5) is 20.2 Å². The molecule has 2 rings (SSSR count). The van der Waals surface area contributed by atoms with Gasteiger partial charge in [-0.25, -0.2) is 8.78 Å². The van der Waals surface area contributed by atoms with Crippen molar-refractivity contribution in [2.24, 2.45) is 0 Å². The number of anilines is 2. The van der Waals surface area contributed by atoms with Gasteiger partial charge in [0.1, 0.15) is 11.6 Å². The summed E-state index contributed by atoms with van der Waals surface area (Å²) in [5.41, 5.74) is 10.6. The van der Waals surface area contributed by atoms with Crippen molar-refractivity contribution in [2.45, 2.75) is 0 Å². The fourth-order valence-corrected chi connectivity index (χ4v) is 1.51. The molecule has 4 nitrogen and oxygen atoms in total. The molecule has 0 saturated carbocycles. The fourth-order valence-electron chi connectivity index (χ4n) is 1.51. The summed E-state index contributed by atoms with van der Waals surface area (Å²) in [5, 5.41) is 0. The Hall–Kier alpha value is -2.34. The van der Waals surface area contributed by atoms with Crippen LogP contribution in [0.2, 0.25) is 0 Å². The zero-order valence-electron chi connectivity index (χ0n) is 10.2. The van der Waals surface area contributed by atoms with Crippen LogP contribution in [0.3, 0.4) is 0 Å². The minimum absolute atomic E-state index is 0. The van der Waals surface area contributed by atoms with Crippen molar-refractivity contribution in [1.29, 1.82) is 0 Å². The summed E-state index contributed by atoms with van der Waals surface area (Å²) in [6.07, 6.45) is 0. The standard InChI is InChI=1S/C13H11F2N3O.ClH/c14-8-4-6-9(7-5-8)17-18-13(19)12-10(15)2-1-3-11(12)16;/h1-7,17H,16H2,(H,18,19);1H. The zero-order valence-corrected chi connectivity index (χ0v) is 11.0. The van der Waals surface area contributed by atoms with E-state index in [9.17, 15) is 13.6 Å². The van der Waals surface area contributed by atoms with Crippen LogP contribution >= 0.6 is 12.4 Å². The second-order valence-corrected chi connectivity index (χ2v) is 3.79. The van der Waals surface area contributed by atoms with Gasteiger partial charge in [0.2, 0.25) is 0 Å². The van der Waals surface area contributed by atoms with Crippen LogP contribution in [0, 0.1) is 11.6 Å². The molecule has 0 bridgehead atoms. The molecule has 7 heteroatoms. The third kappa shape index (κ3) is 3.58. The number of nitrogens with one attached hydrogen (secondary N) is 2. The number of hydrogen-bond donors (Lipinski definition) is 3. The highest BCUT2D eigenvalue weighted by molar-refractivity contribution is 5.99. The van der Waals surface area contributed by atoms with Gasteiger partial charge in [0.25, 0.3) is 5.91 Å². The molecule has 0 fully saturated rings. The van der Waals surface area contributed by atoms with E-state index in [1.165, 1.54) is 36.4 Å². The van der Waals surface area contributed by atoms with Crippen molar-refractivity contribution in [3.05, 3.63) is 59.7 Å². The Kier molecular flexibility index (Phi) is 5.28. The van der Waals surface area contributed by atoms with Crippen molar-refractivity contribution in [3.63, 3.8) is 0 Å². The van der Waals surface area contributed by atoms with E-state index in [1.807, 2.05) is 0 Å². The molecule has 2 aromatic rings. The van der Waals surface area contributed by atoms with Gasteiger partial charge in [-0.3, -0.25) is 15.6 Å². The maximum atomic E-state index is 13.5. The van der Waals surface area contributed by atoms with Crippen LogP contribution in [0.5, 0.6) is 0 Å². The van der Waals surface area contributed by atoms with Gasteiger partial charge >= 0.3 is 0 Å². The molecule has 20 heavy (non-hydrogen) atoms. The van der Waals surface area contributed by atoms with Gasteiger partial charge < -0.3 is 5.73 Å². The molecule has 2 aromatic carbocycles. The summed E-state index contributed by atoms with van der Waals surface area (Å²) >= 11 is 0. The van der Waals surface area contributed by atoms with E-state index < -0.39 is 17.5 Å². The molecule has 0 aromatic heterocycles. The number of benzene rings is 2. The molecule has 0 unspecified atom stereocenters. The quantitative estimate of drug-likeness (QED) is 0.603. The number of halogens is 3. The molecule has 0 radical (unpaired) electrons. The Bertz CT molecular complexity index is 585. The van der Waals surface area contributed by atoms with Crippen LogP contribution in [0.1, 0.15) is 10.4 Å². The van der Waals surface area contributed by atoms with Gasteiger partial charge in [0.05, 0.1) is 11.3 Å². The first-order valence-electron chi connectivity index (χ1n) is 5.44. The second kappa shape index (κ2) is 6.72. The molecule has 4 N–H and O–H groups in total. The lowest BCUT2D eigenvalue weighted by molar-refractivity contribution is 0.0959. The van der Waals surface area contributed by atoms with E-state index in [-0.39, 0.29) is 23.7 Å². The van der Waals surface area contributed by atoms with E-state index >= 15 is 0 Å². The summed E-state index contributed by atoms with van der Waals surface area (Å²) in [7, 11) is 0. The molecule has 0 saturated heterocycles. The van der Waals surface area contributed by atoms with Gasteiger partial charge in [-0.05, 0) is 36.4 Å². The number of carbonyl (C=O) groups excluding carboxylic acids is 1. The Balaban J connectivity index is 0.00000200. The minimum atomic E-state index is -0.710. The highest BCUT2D eigenvalue weighted by Crippen LogP contribution is 2.15. The Morgan fingerprint density at radius 3 is 2.30 bits per heavy atom. The first kappa shape index (κ1) is 15.7. The fraction of sp³-hybridized carbons (Fsp3) is 0. The summed E-state index contributed by atoms with van der Waals surface area (Å²) in [6.45, 7) is 0. The monoisotopic (exact) mass is 299 g/mol. The molecule has 106 valence electrons. The van der Waals surface area contributed by atoms with Crippen molar-refractivity contribution in [2.75, 3.05) is 11.2 Å². The Labute approximate surface area is 120 Å². The molecule has 0 spiro atoms. The van der Waals surface area contributed by atoms with E-state index in [0.717, 1.165) is 6.07 Å². The SMILES string of the molecule is Cl.Nc1cccc(F)c1C(=O)NNc1ccc(F)cc1. The maximum Gasteiger partial charge on any atom is 0.274 e. The first-order valence-corrected chi connectivity index (χ1v) is 5.44. The third-order valence-corrected chi connectivity index (χ3v) is 2.44. The Morgan fingerprint density at radius 1 is 1.05 bits per heavy atom. The van der Waals surface area contributed by atoms with Crippen molar-refractivity contribution >= 4 is 29.7 Å². The van der Waals surface area contributed by atoms with E-state index in [1.54, 1.807) is 0 Å². The van der Waals surface area contributed by atoms with Crippen molar-refractivity contribution in [3.8, 4) is 0 Å². The predicted molar refractivity (Wildman–Crippen MR) is 75.5 cm³/mol. The molecular formula is C13H12ClF2N3O. The van der Waals surface area contributed by atoms with E-state index in [2.05, 4.69) is 10.9 Å². The molecule has 1 amide bonds. The van der Waals surface area contributed by atoms with Gasteiger partial charge in [-0.2, -0.15) is 0 Å². The molecule has 0 aliphatic rings. The van der Waals surface area contributed by atoms with Crippen LogP contribution in [-0.2, 0) is 0 Å². The van der Waals surface area contributed by atoms with Crippen LogP contribution in [-0.4, -0.2) is 5.91 Å². The van der Waals surface area contributed by atoms with Gasteiger partial charge in [-0.1, -0.05) is 6.07 Å². The number of carbonyl (C=O) groups is 1. The maximum absolute atomic E-state index is 13.5. The number of nitrogens with two attached hydrogens (primary N) is 1. The Morgan fingerprint density at radius 2 is 1.70 bits per heavy atom. The number of rotatable bonds is 3. The first-order chi connectivity index (χ1) is 9.08. The average Bonchev–Trinajstić information content (AvgIpc) is 2.38. The topological polar surface area (TPSA) is 67.2 Å². The summed E-state index contributed by atoms with van der Waals surface area (Å²) in [5.74, 6) is -1.81. The second-order valence-electron chi connectivity index (χ2n) is 3.79. The van der Waals surface area contributed by atoms with Gasteiger partial charge in [0.15, 0.2) is 0 Å². The largest absolute Gasteiger partial charge is 0.398 e. The van der Waals surface area contributed by atoms with Gasteiger partial charge in [-0.15, -0.1) is 12.4 Å². The summed E-state index contributed by atoms with van der Waals surface area (Å²) in [4.78, 5) is 11.8. The lowest BCUT2D eigenvalue weighted by atomic mass is 10.1. The molecule has 0 atom stereocenters. The smallest absolute Gasteiger partial charge is 0.274 e. The zero-order chi connectivity index (χ0) is 13.8. The lowest BCUT2D eigenvalue weighted by Crippen LogP contribution is -2.30. The summed E-state index contributed by atoms with van der Waals surface area (Å²) < 4.78 is 26.1. The van der Waals surface area contributed by atoms with Crippen molar-refractivity contribution in [1.82, 2.24) is 5.43 Å². The molecule has 0 aliphatic carbocycles. The van der Waals surface area contributed by atoms with Gasteiger partial charge in [0, 0.05) is 5.69 Å². The average molecular weight is 300 g/mol. The molecule has 0 aliphatic heterocycles. The van der Waals surface area contributed by atoms with E-state index in [0.29, 0.717) is 5.69 Å². The molecular weight excluding hydrogens is 288 g/mol. The number of hydrazine groups is 1. The number of nitrogen functional groups attached to an aromatic ring is 1. The predicted octanol–water partition coefficient (Wildman–Crippen LogP) is 2.73. The summed E-state index contributed by atoms with van der Waals surface area (Å²) in [6, 6.07) is 9.30. The minimum Gasteiger partial charge on any atom is -0.398 e. The van der Waals surface area contributed by atoms with Crippen LogP contribution in [0.25, 0.3) is 0 Å². The normalized spacial score (nSPS) is 9.50. The van der Waals surface area contributed by atoms with Crippen molar-refractivity contribution < 1.29 is 13.6 Å². The van der Waals surface area contributed by atoms with E-state index in [4.69, 9.17) is 5.73 Å². The lowest BCUT2D eigenvalue weighted by Gasteiger charge is -2.10. The van der Waals surface area contributed by atoms with Crippen LogP contribution < -0.4 is 16.6 Å².